The second kappa shape index (κ2) is 12.5. The number of ether oxygens (including phenoxy) is 2. The highest BCUT2D eigenvalue weighted by atomic mass is 35.5. The van der Waals surface area contributed by atoms with E-state index in [4.69, 9.17) is 32.7 Å². The lowest BCUT2D eigenvalue weighted by Crippen LogP contribution is -2.53. The van der Waals surface area contributed by atoms with Gasteiger partial charge >= 0.3 is 5.97 Å². The minimum atomic E-state index is -0.988. The predicted molar refractivity (Wildman–Crippen MR) is 132 cm³/mol. The maximum absolute atomic E-state index is 13.8. The van der Waals surface area contributed by atoms with Gasteiger partial charge in [-0.1, -0.05) is 54.4 Å². The van der Waals surface area contributed by atoms with Gasteiger partial charge in [-0.05, 0) is 48.2 Å². The lowest BCUT2D eigenvalue weighted by atomic mass is 9.74. The number of aliphatic carboxylic acids is 1. The van der Waals surface area contributed by atoms with Gasteiger partial charge in [0.15, 0.2) is 0 Å². The number of carbonyl (C=O) groups is 2. The molecule has 1 heterocycles. The molecular weight excluding hydrogens is 477 g/mol. The van der Waals surface area contributed by atoms with Gasteiger partial charge in [-0.3, -0.25) is 9.59 Å². The molecule has 1 amide bonds. The highest BCUT2D eigenvalue weighted by molar-refractivity contribution is 6.30. The number of carbonyl (C=O) groups excluding carboxylic acids is 1. The van der Waals surface area contributed by atoms with Gasteiger partial charge in [0.2, 0.25) is 5.91 Å². The number of hydrogen-bond acceptors (Lipinski definition) is 4. The van der Waals surface area contributed by atoms with Crippen LogP contribution in [0.4, 0.5) is 0 Å². The Hall–Kier alpha value is -2.12. The Morgan fingerprint density at radius 1 is 1.12 bits per heavy atom. The Balaban J connectivity index is 2.09. The maximum atomic E-state index is 13.8. The number of carboxylic acids is 1. The van der Waals surface area contributed by atoms with Crippen molar-refractivity contribution in [2.24, 2.45) is 5.92 Å². The summed E-state index contributed by atoms with van der Waals surface area (Å²) in [4.78, 5) is 27.3. The van der Waals surface area contributed by atoms with Crippen LogP contribution in [0.2, 0.25) is 10.0 Å². The summed E-state index contributed by atoms with van der Waals surface area (Å²) in [5.41, 5.74) is 1.90. The second-order valence-electron chi connectivity index (χ2n) is 8.56. The minimum Gasteiger partial charge on any atom is -0.481 e. The zero-order chi connectivity index (χ0) is 24.7. The minimum absolute atomic E-state index is 0.144. The van der Waals surface area contributed by atoms with Crippen molar-refractivity contribution >= 4 is 35.1 Å². The molecule has 34 heavy (non-hydrogen) atoms. The summed E-state index contributed by atoms with van der Waals surface area (Å²) in [5.74, 6) is -1.94. The van der Waals surface area contributed by atoms with Crippen molar-refractivity contribution in [1.82, 2.24) is 4.90 Å². The molecule has 0 bridgehead atoms. The SMILES string of the molecule is CC[C@@H](COCCOC)N1C(=O)[C@@H](CC(=O)O)C[C@H](c2cccc(Cl)c2)C1c1ccc(Cl)cc1. The molecule has 0 saturated carbocycles. The first-order chi connectivity index (χ1) is 16.3. The lowest BCUT2D eigenvalue weighted by Gasteiger charge is -2.48. The number of amides is 1. The van der Waals surface area contributed by atoms with Gasteiger partial charge in [0.25, 0.3) is 0 Å². The van der Waals surface area contributed by atoms with Crippen molar-refractivity contribution in [1.29, 1.82) is 0 Å². The van der Waals surface area contributed by atoms with E-state index in [0.29, 0.717) is 42.7 Å². The average molecular weight is 508 g/mol. The number of benzene rings is 2. The van der Waals surface area contributed by atoms with E-state index in [1.54, 1.807) is 13.2 Å². The molecule has 2 aromatic carbocycles. The fourth-order valence-corrected chi connectivity index (χ4v) is 5.06. The quantitative estimate of drug-likeness (QED) is 0.401. The van der Waals surface area contributed by atoms with Gasteiger partial charge in [0.05, 0.1) is 38.3 Å². The Kier molecular flexibility index (Phi) is 9.77. The first-order valence-electron chi connectivity index (χ1n) is 11.5. The summed E-state index contributed by atoms with van der Waals surface area (Å²) < 4.78 is 10.9. The van der Waals surface area contributed by atoms with Gasteiger partial charge in [0, 0.05) is 29.0 Å². The van der Waals surface area contributed by atoms with Crippen LogP contribution < -0.4 is 0 Å². The zero-order valence-corrected chi connectivity index (χ0v) is 21.0. The van der Waals surface area contributed by atoms with E-state index < -0.39 is 11.9 Å². The van der Waals surface area contributed by atoms with Crippen LogP contribution in [0.5, 0.6) is 0 Å². The Morgan fingerprint density at radius 3 is 2.47 bits per heavy atom. The highest BCUT2D eigenvalue weighted by Gasteiger charge is 2.46. The van der Waals surface area contributed by atoms with E-state index in [1.165, 1.54) is 0 Å². The van der Waals surface area contributed by atoms with E-state index >= 15 is 0 Å². The summed E-state index contributed by atoms with van der Waals surface area (Å²) in [7, 11) is 1.61. The largest absolute Gasteiger partial charge is 0.481 e. The first kappa shape index (κ1) is 26.5. The number of nitrogens with zero attached hydrogens (tertiary/aromatic N) is 1. The van der Waals surface area contributed by atoms with E-state index in [0.717, 1.165) is 11.1 Å². The topological polar surface area (TPSA) is 76.1 Å². The molecule has 3 rings (SSSR count). The monoisotopic (exact) mass is 507 g/mol. The Labute approximate surface area is 210 Å². The standard InChI is InChI=1S/C26H31Cl2NO5/c1-3-22(16-34-12-11-33-2)29-25(17-7-9-20(27)10-8-17)23(18-5-4-6-21(28)13-18)14-19(26(29)32)15-24(30)31/h4-10,13,19,22-23,25H,3,11-12,14-16H2,1-2H3,(H,30,31)/t19-,22+,23-,25?/m1/s1. The highest BCUT2D eigenvalue weighted by Crippen LogP contribution is 2.47. The molecule has 0 aromatic heterocycles. The van der Waals surface area contributed by atoms with E-state index in [9.17, 15) is 14.7 Å². The Morgan fingerprint density at radius 2 is 1.85 bits per heavy atom. The molecule has 8 heteroatoms. The van der Waals surface area contributed by atoms with Crippen LogP contribution in [0, 0.1) is 5.92 Å². The molecule has 0 aliphatic carbocycles. The molecule has 0 radical (unpaired) electrons. The van der Waals surface area contributed by atoms with Gasteiger partial charge < -0.3 is 19.5 Å². The average Bonchev–Trinajstić information content (AvgIpc) is 2.81. The van der Waals surface area contributed by atoms with Gasteiger partial charge in [-0.25, -0.2) is 0 Å². The summed E-state index contributed by atoms with van der Waals surface area (Å²) in [6.07, 6.45) is 0.849. The van der Waals surface area contributed by atoms with Crippen LogP contribution in [0.25, 0.3) is 0 Å². The summed E-state index contributed by atoms with van der Waals surface area (Å²) in [6.45, 7) is 3.21. The number of carboxylic acid groups (broad SMARTS) is 1. The van der Waals surface area contributed by atoms with Crippen LogP contribution in [-0.4, -0.2) is 54.9 Å². The fourth-order valence-electron chi connectivity index (χ4n) is 4.73. The van der Waals surface area contributed by atoms with Gasteiger partial charge in [-0.15, -0.1) is 0 Å². The molecular formula is C26H31Cl2NO5. The number of rotatable bonds is 11. The molecule has 1 saturated heterocycles. The van der Waals surface area contributed by atoms with Gasteiger partial charge in [-0.2, -0.15) is 0 Å². The molecule has 1 aliphatic rings. The van der Waals surface area contributed by atoms with Crippen molar-refractivity contribution in [3.05, 3.63) is 69.7 Å². The second-order valence-corrected chi connectivity index (χ2v) is 9.44. The molecule has 4 atom stereocenters. The van der Waals surface area contributed by atoms with Crippen molar-refractivity contribution < 1.29 is 24.2 Å². The first-order valence-corrected chi connectivity index (χ1v) is 12.2. The molecule has 184 valence electrons. The summed E-state index contributed by atoms with van der Waals surface area (Å²) >= 11 is 12.5. The van der Waals surface area contributed by atoms with E-state index in [1.807, 2.05) is 54.3 Å². The van der Waals surface area contributed by atoms with Crippen LogP contribution in [0.3, 0.4) is 0 Å². The molecule has 1 unspecified atom stereocenters. The van der Waals surface area contributed by atoms with Crippen molar-refractivity contribution in [3.63, 3.8) is 0 Å². The molecule has 2 aromatic rings. The van der Waals surface area contributed by atoms with Crippen LogP contribution >= 0.6 is 23.2 Å². The van der Waals surface area contributed by atoms with Crippen LogP contribution in [-0.2, 0) is 19.1 Å². The molecule has 0 spiro atoms. The van der Waals surface area contributed by atoms with Gasteiger partial charge in [0.1, 0.15) is 0 Å². The molecule has 1 fully saturated rings. The van der Waals surface area contributed by atoms with Crippen molar-refractivity contribution in [2.75, 3.05) is 26.9 Å². The lowest BCUT2D eigenvalue weighted by molar-refractivity contribution is -0.154. The number of likely N-dealkylation sites (tertiary alicyclic amines) is 1. The third-order valence-electron chi connectivity index (χ3n) is 6.34. The molecule has 1 aliphatic heterocycles. The number of halogens is 2. The van der Waals surface area contributed by atoms with Crippen molar-refractivity contribution in [2.45, 2.75) is 44.2 Å². The normalized spacial score (nSPS) is 21.5. The molecule has 1 N–H and O–H groups in total. The summed E-state index contributed by atoms with van der Waals surface area (Å²) in [5, 5.41) is 10.7. The van der Waals surface area contributed by atoms with Crippen molar-refractivity contribution in [3.8, 4) is 0 Å². The van der Waals surface area contributed by atoms with E-state index in [2.05, 4.69) is 0 Å². The van der Waals surface area contributed by atoms with E-state index in [-0.39, 0.29) is 30.3 Å². The number of piperidine rings is 1. The fraction of sp³-hybridized carbons (Fsp3) is 0.462. The zero-order valence-electron chi connectivity index (χ0n) is 19.5. The van der Waals surface area contributed by atoms with Crippen LogP contribution in [0.1, 0.15) is 49.3 Å². The maximum Gasteiger partial charge on any atom is 0.304 e. The third kappa shape index (κ3) is 6.51. The molecule has 6 nitrogen and oxygen atoms in total. The number of hydrogen-bond donors (Lipinski definition) is 1. The predicted octanol–water partition coefficient (Wildman–Crippen LogP) is 5.58. The number of methoxy groups -OCH3 is 1. The third-order valence-corrected chi connectivity index (χ3v) is 6.83. The smallest absolute Gasteiger partial charge is 0.304 e. The van der Waals surface area contributed by atoms with Crippen LogP contribution in [0.15, 0.2) is 48.5 Å². The Bertz CT molecular complexity index is 968. The summed E-state index contributed by atoms with van der Waals surface area (Å²) in [6, 6.07) is 14.5.